The summed E-state index contributed by atoms with van der Waals surface area (Å²) in [5.41, 5.74) is 2.80. The molecule has 2 heterocycles. The van der Waals surface area contributed by atoms with Gasteiger partial charge in [-0.05, 0) is 24.6 Å². The second kappa shape index (κ2) is 4.02. The van der Waals surface area contributed by atoms with E-state index in [1.807, 2.05) is 13.0 Å². The largest absolute Gasteiger partial charge is 0.362 e. The quantitative estimate of drug-likeness (QED) is 0.788. The summed E-state index contributed by atoms with van der Waals surface area (Å²) in [6, 6.07) is 5.44. The molecule has 1 aliphatic rings. The van der Waals surface area contributed by atoms with Gasteiger partial charge in [0.25, 0.3) is 0 Å². The van der Waals surface area contributed by atoms with E-state index in [2.05, 4.69) is 5.16 Å². The minimum atomic E-state index is -0.211. The molecule has 5 heteroatoms. The van der Waals surface area contributed by atoms with Crippen LogP contribution in [0, 0.1) is 6.92 Å². The number of benzene rings is 1. The molecule has 0 N–H and O–H groups in total. The Morgan fingerprint density at radius 3 is 2.88 bits per heavy atom. The lowest BCUT2D eigenvalue weighted by atomic mass is 10.1. The van der Waals surface area contributed by atoms with Crippen molar-refractivity contribution in [2.45, 2.75) is 19.6 Å². The molecule has 0 amide bonds. The van der Waals surface area contributed by atoms with Crippen LogP contribution in [0.1, 0.15) is 28.7 Å². The van der Waals surface area contributed by atoms with Crippen LogP contribution < -0.4 is 0 Å². The van der Waals surface area contributed by atoms with Gasteiger partial charge in [0.05, 0.1) is 16.7 Å². The maximum Gasteiger partial charge on any atom is 0.139 e. The molecule has 0 saturated heterocycles. The molecule has 2 aromatic rings. The summed E-state index contributed by atoms with van der Waals surface area (Å²) >= 11 is 11.9. The average Bonchev–Trinajstić information content (AvgIpc) is 2.86. The van der Waals surface area contributed by atoms with Crippen LogP contribution in [0.3, 0.4) is 0 Å². The van der Waals surface area contributed by atoms with Crippen LogP contribution >= 0.6 is 23.2 Å². The van der Waals surface area contributed by atoms with E-state index in [1.165, 1.54) is 0 Å². The molecule has 0 bridgehead atoms. The van der Waals surface area contributed by atoms with Gasteiger partial charge in [0.15, 0.2) is 0 Å². The second-order valence-electron chi connectivity index (χ2n) is 3.97. The van der Waals surface area contributed by atoms with Gasteiger partial charge < -0.3 is 9.26 Å². The first-order valence-electron chi connectivity index (χ1n) is 5.18. The van der Waals surface area contributed by atoms with Gasteiger partial charge in [0.1, 0.15) is 17.6 Å². The molecule has 0 aliphatic carbocycles. The number of fused-ring (bicyclic) bond motifs is 1. The number of rotatable bonds is 1. The van der Waals surface area contributed by atoms with Crippen molar-refractivity contribution in [2.24, 2.45) is 0 Å². The molecule has 0 fully saturated rings. The zero-order valence-corrected chi connectivity index (χ0v) is 10.5. The summed E-state index contributed by atoms with van der Waals surface area (Å²) in [5.74, 6) is 0.808. The maximum atomic E-state index is 5.99. The normalized spacial score (nSPS) is 18.4. The van der Waals surface area contributed by atoms with Crippen molar-refractivity contribution in [2.75, 3.05) is 0 Å². The Morgan fingerprint density at radius 1 is 1.29 bits per heavy atom. The van der Waals surface area contributed by atoms with Crippen LogP contribution in [0.2, 0.25) is 10.0 Å². The Hall–Kier alpha value is -1.03. The van der Waals surface area contributed by atoms with Gasteiger partial charge in [-0.15, -0.1) is 0 Å². The van der Waals surface area contributed by atoms with Gasteiger partial charge in [0.2, 0.25) is 0 Å². The average molecular weight is 270 g/mol. The van der Waals surface area contributed by atoms with Gasteiger partial charge in [0, 0.05) is 5.56 Å². The minimum Gasteiger partial charge on any atom is -0.362 e. The van der Waals surface area contributed by atoms with Crippen LogP contribution in [0.25, 0.3) is 0 Å². The zero-order chi connectivity index (χ0) is 12.0. The monoisotopic (exact) mass is 269 g/mol. The Bertz CT molecular complexity index is 580. The first-order chi connectivity index (χ1) is 8.16. The predicted octanol–water partition coefficient (Wildman–Crippen LogP) is 3.91. The van der Waals surface area contributed by atoms with Gasteiger partial charge in [-0.1, -0.05) is 34.4 Å². The van der Waals surface area contributed by atoms with Gasteiger partial charge in [-0.2, -0.15) is 0 Å². The summed E-state index contributed by atoms with van der Waals surface area (Å²) in [5, 5.41) is 5.08. The first kappa shape index (κ1) is 11.1. The number of ether oxygens (including phenoxy) is 1. The lowest BCUT2D eigenvalue weighted by molar-refractivity contribution is 0.0855. The number of halogens is 2. The Morgan fingerprint density at radius 2 is 2.12 bits per heavy atom. The fraction of sp³-hybridized carbons (Fsp3) is 0.250. The zero-order valence-electron chi connectivity index (χ0n) is 9.04. The highest BCUT2D eigenvalue weighted by atomic mass is 35.5. The van der Waals surface area contributed by atoms with Gasteiger partial charge in [-0.3, -0.25) is 0 Å². The second-order valence-corrected chi connectivity index (χ2v) is 4.78. The molecular weight excluding hydrogens is 261 g/mol. The van der Waals surface area contributed by atoms with E-state index in [1.54, 1.807) is 12.1 Å². The van der Waals surface area contributed by atoms with E-state index in [4.69, 9.17) is 32.5 Å². The molecule has 1 aromatic heterocycles. The van der Waals surface area contributed by atoms with E-state index >= 15 is 0 Å². The molecule has 1 aromatic carbocycles. The third kappa shape index (κ3) is 1.75. The first-order valence-corrected chi connectivity index (χ1v) is 5.94. The molecule has 17 heavy (non-hydrogen) atoms. The number of nitrogens with zero attached hydrogens (tertiary/aromatic N) is 1. The lowest BCUT2D eigenvalue weighted by Gasteiger charge is -2.10. The third-order valence-electron chi connectivity index (χ3n) is 2.90. The SMILES string of the molecule is Cc1onc2c1COC2c1ccc(Cl)c(Cl)c1. The Kier molecular flexibility index (Phi) is 2.62. The highest BCUT2D eigenvalue weighted by Crippen LogP contribution is 2.38. The summed E-state index contributed by atoms with van der Waals surface area (Å²) in [6.45, 7) is 2.40. The molecule has 0 radical (unpaired) electrons. The summed E-state index contributed by atoms with van der Waals surface area (Å²) in [4.78, 5) is 0. The van der Waals surface area contributed by atoms with E-state index in [0.717, 1.165) is 22.6 Å². The van der Waals surface area contributed by atoms with Crippen LogP contribution in [-0.2, 0) is 11.3 Å². The molecule has 1 unspecified atom stereocenters. The predicted molar refractivity (Wildman–Crippen MR) is 64.3 cm³/mol. The molecule has 88 valence electrons. The van der Waals surface area contributed by atoms with E-state index in [-0.39, 0.29) is 6.10 Å². The molecular formula is C12H9Cl2NO2. The van der Waals surface area contributed by atoms with Gasteiger partial charge in [-0.25, -0.2) is 0 Å². The van der Waals surface area contributed by atoms with Crippen molar-refractivity contribution in [3.63, 3.8) is 0 Å². The smallest absolute Gasteiger partial charge is 0.139 e. The third-order valence-corrected chi connectivity index (χ3v) is 3.64. The summed E-state index contributed by atoms with van der Waals surface area (Å²) in [7, 11) is 0. The summed E-state index contributed by atoms with van der Waals surface area (Å²) in [6.07, 6.45) is -0.211. The Balaban J connectivity index is 2.03. The van der Waals surface area contributed by atoms with Crippen molar-refractivity contribution >= 4 is 23.2 Å². The molecule has 3 nitrogen and oxygen atoms in total. The Labute approximate surface area is 108 Å². The molecule has 0 spiro atoms. The molecule has 1 atom stereocenters. The van der Waals surface area contributed by atoms with Crippen molar-refractivity contribution in [1.29, 1.82) is 0 Å². The van der Waals surface area contributed by atoms with Crippen molar-refractivity contribution < 1.29 is 9.26 Å². The number of hydrogen-bond donors (Lipinski definition) is 0. The highest BCUT2D eigenvalue weighted by molar-refractivity contribution is 6.42. The molecule has 1 aliphatic heterocycles. The van der Waals surface area contributed by atoms with E-state index in [9.17, 15) is 0 Å². The number of aryl methyl sites for hydroxylation is 1. The maximum absolute atomic E-state index is 5.99. The topological polar surface area (TPSA) is 35.3 Å². The molecule has 0 saturated carbocycles. The van der Waals surface area contributed by atoms with Gasteiger partial charge >= 0.3 is 0 Å². The fourth-order valence-corrected chi connectivity index (χ4v) is 2.27. The fourth-order valence-electron chi connectivity index (χ4n) is 1.97. The lowest BCUT2D eigenvalue weighted by Crippen LogP contribution is -1.99. The van der Waals surface area contributed by atoms with Crippen molar-refractivity contribution in [1.82, 2.24) is 5.16 Å². The standard InChI is InChI=1S/C12H9Cl2NO2/c1-6-8-5-16-12(11(8)15-17-6)7-2-3-9(13)10(14)4-7/h2-4,12H,5H2,1H3. The van der Waals surface area contributed by atoms with Crippen LogP contribution in [0.4, 0.5) is 0 Å². The van der Waals surface area contributed by atoms with Crippen molar-refractivity contribution in [3.05, 3.63) is 50.8 Å². The molecule has 3 rings (SSSR count). The van der Waals surface area contributed by atoms with E-state index < -0.39 is 0 Å². The number of aromatic nitrogens is 1. The highest BCUT2D eigenvalue weighted by Gasteiger charge is 2.31. The van der Waals surface area contributed by atoms with Crippen LogP contribution in [-0.4, -0.2) is 5.16 Å². The van der Waals surface area contributed by atoms with Crippen molar-refractivity contribution in [3.8, 4) is 0 Å². The van der Waals surface area contributed by atoms with Crippen LogP contribution in [0.5, 0.6) is 0 Å². The minimum absolute atomic E-state index is 0.211. The number of hydrogen-bond acceptors (Lipinski definition) is 3. The van der Waals surface area contributed by atoms with E-state index in [0.29, 0.717) is 16.7 Å². The summed E-state index contributed by atoms with van der Waals surface area (Å²) < 4.78 is 10.9. The van der Waals surface area contributed by atoms with Crippen LogP contribution in [0.15, 0.2) is 22.7 Å².